The van der Waals surface area contributed by atoms with Crippen molar-refractivity contribution in [2.45, 2.75) is 6.92 Å². The Bertz CT molecular complexity index is 303. The monoisotopic (exact) mass is 149 g/mol. The number of nitrogens with zero attached hydrogens (tertiary/aromatic N) is 3. The van der Waals surface area contributed by atoms with Crippen molar-refractivity contribution in [2.24, 2.45) is 0 Å². The molecule has 4 heteroatoms. The molecule has 11 heavy (non-hydrogen) atoms. The van der Waals surface area contributed by atoms with Crippen LogP contribution in [0.1, 0.15) is 11.4 Å². The smallest absolute Gasteiger partial charge is 0.232 e. The average molecular weight is 149 g/mol. The summed E-state index contributed by atoms with van der Waals surface area (Å²) in [5.74, 6) is 0.432. The fourth-order valence-corrected chi connectivity index (χ4v) is 0.668. The van der Waals surface area contributed by atoms with E-state index in [1.165, 1.54) is 13.3 Å². The third-order valence-electron chi connectivity index (χ3n) is 1.24. The van der Waals surface area contributed by atoms with Crippen LogP contribution in [-0.4, -0.2) is 17.1 Å². The molecule has 56 valence electrons. The van der Waals surface area contributed by atoms with E-state index in [0.29, 0.717) is 17.3 Å². The van der Waals surface area contributed by atoms with Crippen LogP contribution in [0.5, 0.6) is 5.88 Å². The van der Waals surface area contributed by atoms with Gasteiger partial charge in [-0.05, 0) is 6.92 Å². The Morgan fingerprint density at radius 3 is 2.82 bits per heavy atom. The molecule has 0 atom stereocenters. The Hall–Kier alpha value is -1.63. The maximum absolute atomic E-state index is 8.49. The Morgan fingerprint density at radius 1 is 1.64 bits per heavy atom. The zero-order chi connectivity index (χ0) is 8.27. The number of aryl methyl sites for hydroxylation is 1. The fraction of sp³-hybridized carbons (Fsp3) is 0.286. The number of rotatable bonds is 1. The van der Waals surface area contributed by atoms with Crippen LogP contribution >= 0.6 is 0 Å². The summed E-state index contributed by atoms with van der Waals surface area (Å²) in [6.07, 6.45) is 1.42. The molecule has 1 aromatic heterocycles. The molecule has 0 aliphatic rings. The van der Waals surface area contributed by atoms with Gasteiger partial charge in [-0.15, -0.1) is 0 Å². The van der Waals surface area contributed by atoms with Crippen LogP contribution in [0.4, 0.5) is 0 Å². The molecule has 0 aromatic carbocycles. The second-order valence-corrected chi connectivity index (χ2v) is 1.96. The summed E-state index contributed by atoms with van der Waals surface area (Å²) in [6, 6.07) is 1.92. The van der Waals surface area contributed by atoms with Gasteiger partial charge in [-0.2, -0.15) is 5.26 Å². The molecule has 0 N–H and O–H groups in total. The summed E-state index contributed by atoms with van der Waals surface area (Å²) in [6.45, 7) is 1.72. The van der Waals surface area contributed by atoms with Gasteiger partial charge >= 0.3 is 0 Å². The van der Waals surface area contributed by atoms with Gasteiger partial charge in [0, 0.05) is 0 Å². The summed E-state index contributed by atoms with van der Waals surface area (Å²) in [7, 11) is 1.51. The van der Waals surface area contributed by atoms with Crippen LogP contribution in [0, 0.1) is 18.3 Å². The van der Waals surface area contributed by atoms with Gasteiger partial charge in [0.1, 0.15) is 6.07 Å². The summed E-state index contributed by atoms with van der Waals surface area (Å²) in [5, 5.41) is 8.49. The van der Waals surface area contributed by atoms with Gasteiger partial charge in [-0.1, -0.05) is 0 Å². The van der Waals surface area contributed by atoms with Crippen molar-refractivity contribution in [1.82, 2.24) is 9.97 Å². The fourth-order valence-electron chi connectivity index (χ4n) is 0.668. The average Bonchev–Trinajstić information content (AvgIpc) is 2.04. The lowest BCUT2D eigenvalue weighted by molar-refractivity contribution is 0.394. The van der Waals surface area contributed by atoms with E-state index < -0.39 is 0 Å². The zero-order valence-electron chi connectivity index (χ0n) is 6.33. The first-order valence-electron chi connectivity index (χ1n) is 3.05. The maximum atomic E-state index is 8.49. The second-order valence-electron chi connectivity index (χ2n) is 1.96. The van der Waals surface area contributed by atoms with E-state index in [4.69, 9.17) is 10.00 Å². The van der Waals surface area contributed by atoms with Crippen LogP contribution in [0.25, 0.3) is 0 Å². The summed E-state index contributed by atoms with van der Waals surface area (Å²) >= 11 is 0. The van der Waals surface area contributed by atoms with Crippen LogP contribution in [0.2, 0.25) is 0 Å². The van der Waals surface area contributed by atoms with Gasteiger partial charge in [-0.3, -0.25) is 0 Å². The largest absolute Gasteiger partial charge is 0.480 e. The summed E-state index contributed by atoms with van der Waals surface area (Å²) in [5.41, 5.74) is 0.928. The third kappa shape index (κ3) is 1.44. The molecule has 0 spiro atoms. The van der Waals surface area contributed by atoms with Crippen molar-refractivity contribution in [3.05, 3.63) is 17.6 Å². The molecule has 1 heterocycles. The Kier molecular flexibility index (Phi) is 2.02. The summed E-state index contributed by atoms with van der Waals surface area (Å²) < 4.78 is 4.81. The van der Waals surface area contributed by atoms with E-state index in [0.717, 1.165) is 0 Å². The van der Waals surface area contributed by atoms with Gasteiger partial charge in [0.2, 0.25) is 5.88 Å². The number of hydrogen-bond acceptors (Lipinski definition) is 4. The molecule has 0 saturated carbocycles. The van der Waals surface area contributed by atoms with Crippen LogP contribution in [-0.2, 0) is 0 Å². The van der Waals surface area contributed by atoms with E-state index >= 15 is 0 Å². The van der Waals surface area contributed by atoms with Gasteiger partial charge in [0.05, 0.1) is 19.0 Å². The number of hydrogen-bond donors (Lipinski definition) is 0. The molecule has 0 fully saturated rings. The highest BCUT2D eigenvalue weighted by molar-refractivity contribution is 5.26. The molecule has 0 aliphatic heterocycles. The SMILES string of the molecule is COc1cnc(C#N)c(C)n1. The molecule has 0 saturated heterocycles. The molecule has 0 bridgehead atoms. The topological polar surface area (TPSA) is 58.8 Å². The zero-order valence-corrected chi connectivity index (χ0v) is 6.33. The molecule has 1 aromatic rings. The normalized spacial score (nSPS) is 8.82. The molecule has 0 unspecified atom stereocenters. The molecular weight excluding hydrogens is 142 g/mol. The van der Waals surface area contributed by atoms with Crippen molar-refractivity contribution in [3.63, 3.8) is 0 Å². The lowest BCUT2D eigenvalue weighted by Crippen LogP contribution is -1.95. The van der Waals surface area contributed by atoms with E-state index in [2.05, 4.69) is 9.97 Å². The second kappa shape index (κ2) is 2.97. The quantitative estimate of drug-likeness (QED) is 0.588. The van der Waals surface area contributed by atoms with Crippen LogP contribution in [0.15, 0.2) is 6.20 Å². The van der Waals surface area contributed by atoms with Crippen molar-refractivity contribution in [3.8, 4) is 11.9 Å². The van der Waals surface area contributed by atoms with Crippen LogP contribution in [0.3, 0.4) is 0 Å². The Morgan fingerprint density at radius 2 is 2.36 bits per heavy atom. The number of ether oxygens (including phenoxy) is 1. The van der Waals surface area contributed by atoms with Crippen molar-refractivity contribution in [1.29, 1.82) is 5.26 Å². The first-order valence-corrected chi connectivity index (χ1v) is 3.05. The first kappa shape index (κ1) is 7.48. The van der Waals surface area contributed by atoms with Gasteiger partial charge in [0.25, 0.3) is 0 Å². The summed E-state index contributed by atoms with van der Waals surface area (Å²) in [4.78, 5) is 7.77. The predicted molar refractivity (Wildman–Crippen MR) is 38.0 cm³/mol. The van der Waals surface area contributed by atoms with E-state index in [1.807, 2.05) is 6.07 Å². The van der Waals surface area contributed by atoms with Gasteiger partial charge in [0.15, 0.2) is 5.69 Å². The highest BCUT2D eigenvalue weighted by atomic mass is 16.5. The molecular formula is C7H7N3O. The van der Waals surface area contributed by atoms with E-state index in [1.54, 1.807) is 6.92 Å². The van der Waals surface area contributed by atoms with E-state index in [9.17, 15) is 0 Å². The highest BCUT2D eigenvalue weighted by Crippen LogP contribution is 2.06. The molecule has 4 nitrogen and oxygen atoms in total. The minimum Gasteiger partial charge on any atom is -0.480 e. The van der Waals surface area contributed by atoms with Crippen molar-refractivity contribution >= 4 is 0 Å². The maximum Gasteiger partial charge on any atom is 0.232 e. The number of nitriles is 1. The molecule has 0 aliphatic carbocycles. The lowest BCUT2D eigenvalue weighted by atomic mass is 10.3. The first-order chi connectivity index (χ1) is 5.27. The number of aromatic nitrogens is 2. The van der Waals surface area contributed by atoms with Gasteiger partial charge < -0.3 is 4.74 Å². The van der Waals surface area contributed by atoms with Crippen LogP contribution < -0.4 is 4.74 Å². The van der Waals surface area contributed by atoms with Crippen molar-refractivity contribution in [2.75, 3.05) is 7.11 Å². The Labute approximate surface area is 64.5 Å². The lowest BCUT2D eigenvalue weighted by Gasteiger charge is -1.98. The number of methoxy groups -OCH3 is 1. The molecule has 1 rings (SSSR count). The van der Waals surface area contributed by atoms with Gasteiger partial charge in [-0.25, -0.2) is 9.97 Å². The highest BCUT2D eigenvalue weighted by Gasteiger charge is 2.00. The predicted octanol–water partition coefficient (Wildman–Crippen LogP) is 0.665. The van der Waals surface area contributed by atoms with Crippen molar-refractivity contribution < 1.29 is 4.74 Å². The molecule has 0 amide bonds. The van der Waals surface area contributed by atoms with E-state index in [-0.39, 0.29) is 0 Å². The standard InChI is InChI=1S/C7H7N3O/c1-5-6(3-8)9-4-7(10-5)11-2/h4H,1-2H3. The third-order valence-corrected chi connectivity index (χ3v) is 1.24. The molecule has 0 radical (unpaired) electrons. The minimum absolute atomic E-state index is 0.339. The Balaban J connectivity index is 3.12. The minimum atomic E-state index is 0.339.